The van der Waals surface area contributed by atoms with Crippen LogP contribution in [0.25, 0.3) is 0 Å². The molecule has 0 aliphatic heterocycles. The molecule has 0 radical (unpaired) electrons. The molecule has 1 atom stereocenters. The van der Waals surface area contributed by atoms with Crippen molar-refractivity contribution in [2.24, 2.45) is 0 Å². The number of carbonyl (C=O) groups is 1. The van der Waals surface area contributed by atoms with Crippen LogP contribution < -0.4 is 5.32 Å². The monoisotopic (exact) mass is 246 g/mol. The molecule has 0 aromatic carbocycles. The number of hydrogen-bond donors (Lipinski definition) is 2. The zero-order valence-corrected chi connectivity index (χ0v) is 10.2. The molecule has 18 heavy (non-hydrogen) atoms. The van der Waals surface area contributed by atoms with Crippen molar-refractivity contribution in [3.05, 3.63) is 47.7 Å². The standard InChI is InChI=1S/C13H14N2O3/c1-8-3-4-12(18-8)9(2)15-11-5-6-14-7-10(11)13(16)17/h3-7,9H,1-2H3,(H,14,15)(H,16,17). The first-order chi connectivity index (χ1) is 8.58. The van der Waals surface area contributed by atoms with Crippen LogP contribution in [0.4, 0.5) is 5.69 Å². The molecule has 2 heterocycles. The second-order valence-electron chi connectivity index (χ2n) is 4.04. The first-order valence-corrected chi connectivity index (χ1v) is 5.58. The van der Waals surface area contributed by atoms with Crippen molar-refractivity contribution in [3.8, 4) is 0 Å². The number of carboxylic acids is 1. The predicted octanol–water partition coefficient (Wildman–Crippen LogP) is 2.85. The van der Waals surface area contributed by atoms with E-state index in [1.165, 1.54) is 6.20 Å². The van der Waals surface area contributed by atoms with Gasteiger partial charge in [-0.2, -0.15) is 0 Å². The van der Waals surface area contributed by atoms with Gasteiger partial charge in [0.05, 0.1) is 11.7 Å². The number of rotatable bonds is 4. The summed E-state index contributed by atoms with van der Waals surface area (Å²) in [6.45, 7) is 3.77. The van der Waals surface area contributed by atoms with Gasteiger partial charge in [0.15, 0.2) is 0 Å². The molecule has 1 unspecified atom stereocenters. The fraction of sp³-hybridized carbons (Fsp3) is 0.231. The number of nitrogens with zero attached hydrogens (tertiary/aromatic N) is 1. The third kappa shape index (κ3) is 2.51. The van der Waals surface area contributed by atoms with E-state index in [2.05, 4.69) is 10.3 Å². The van der Waals surface area contributed by atoms with E-state index in [9.17, 15) is 4.79 Å². The van der Waals surface area contributed by atoms with Gasteiger partial charge in [0.1, 0.15) is 17.1 Å². The summed E-state index contributed by atoms with van der Waals surface area (Å²) in [7, 11) is 0. The number of aryl methyl sites for hydroxylation is 1. The molecular formula is C13H14N2O3. The second kappa shape index (κ2) is 4.91. The Bertz CT molecular complexity index is 563. The predicted molar refractivity (Wildman–Crippen MR) is 66.7 cm³/mol. The number of pyridine rings is 1. The minimum Gasteiger partial charge on any atom is -0.478 e. The number of furan rings is 1. The Kier molecular flexibility index (Phi) is 3.32. The van der Waals surface area contributed by atoms with Crippen LogP contribution in [-0.4, -0.2) is 16.1 Å². The van der Waals surface area contributed by atoms with Crippen molar-refractivity contribution in [2.45, 2.75) is 19.9 Å². The van der Waals surface area contributed by atoms with Crippen molar-refractivity contribution < 1.29 is 14.3 Å². The van der Waals surface area contributed by atoms with E-state index in [1.54, 1.807) is 12.3 Å². The molecule has 0 aliphatic rings. The summed E-state index contributed by atoms with van der Waals surface area (Å²) >= 11 is 0. The van der Waals surface area contributed by atoms with Gasteiger partial charge in [0.2, 0.25) is 0 Å². The van der Waals surface area contributed by atoms with E-state index >= 15 is 0 Å². The zero-order valence-electron chi connectivity index (χ0n) is 10.2. The highest BCUT2D eigenvalue weighted by atomic mass is 16.4. The van der Waals surface area contributed by atoms with E-state index in [0.29, 0.717) is 5.69 Å². The van der Waals surface area contributed by atoms with Crippen LogP contribution in [0.3, 0.4) is 0 Å². The quantitative estimate of drug-likeness (QED) is 0.867. The van der Waals surface area contributed by atoms with Gasteiger partial charge in [-0.3, -0.25) is 4.98 Å². The molecular weight excluding hydrogens is 232 g/mol. The third-order valence-corrected chi connectivity index (χ3v) is 2.61. The van der Waals surface area contributed by atoms with Gasteiger partial charge in [0, 0.05) is 12.4 Å². The SMILES string of the molecule is Cc1ccc(C(C)Nc2ccncc2C(=O)O)o1. The Labute approximate surface area is 104 Å². The average Bonchev–Trinajstić information content (AvgIpc) is 2.76. The van der Waals surface area contributed by atoms with Crippen molar-refractivity contribution in [3.63, 3.8) is 0 Å². The lowest BCUT2D eigenvalue weighted by Gasteiger charge is -2.14. The lowest BCUT2D eigenvalue weighted by Crippen LogP contribution is -2.10. The Morgan fingerprint density at radius 2 is 2.22 bits per heavy atom. The number of hydrogen-bond acceptors (Lipinski definition) is 4. The highest BCUT2D eigenvalue weighted by Gasteiger charge is 2.14. The van der Waals surface area contributed by atoms with Gasteiger partial charge < -0.3 is 14.8 Å². The van der Waals surface area contributed by atoms with Crippen LogP contribution in [0.5, 0.6) is 0 Å². The highest BCUT2D eigenvalue weighted by Crippen LogP contribution is 2.23. The molecule has 2 aromatic heterocycles. The summed E-state index contributed by atoms with van der Waals surface area (Å²) in [5.41, 5.74) is 0.673. The Hall–Kier alpha value is -2.30. The number of aromatic nitrogens is 1. The first kappa shape index (κ1) is 12.2. The second-order valence-corrected chi connectivity index (χ2v) is 4.04. The molecule has 0 fully saturated rings. The van der Waals surface area contributed by atoms with Crippen LogP contribution >= 0.6 is 0 Å². The fourth-order valence-corrected chi connectivity index (χ4v) is 1.68. The summed E-state index contributed by atoms with van der Waals surface area (Å²) in [5.74, 6) is 0.584. The minimum atomic E-state index is -1.01. The molecule has 0 aliphatic carbocycles. The maximum Gasteiger partial charge on any atom is 0.339 e. The smallest absolute Gasteiger partial charge is 0.339 e. The van der Waals surface area contributed by atoms with Crippen LogP contribution in [0.1, 0.15) is 34.8 Å². The Morgan fingerprint density at radius 3 is 2.83 bits per heavy atom. The largest absolute Gasteiger partial charge is 0.478 e. The number of carboxylic acid groups (broad SMARTS) is 1. The van der Waals surface area contributed by atoms with Crippen molar-refractivity contribution >= 4 is 11.7 Å². The number of nitrogens with one attached hydrogen (secondary N) is 1. The van der Waals surface area contributed by atoms with E-state index in [-0.39, 0.29) is 11.6 Å². The molecule has 0 saturated heterocycles. The molecule has 94 valence electrons. The van der Waals surface area contributed by atoms with Crippen molar-refractivity contribution in [2.75, 3.05) is 5.32 Å². The van der Waals surface area contributed by atoms with Crippen LogP contribution in [0.2, 0.25) is 0 Å². The number of aromatic carboxylic acids is 1. The maximum atomic E-state index is 11.0. The molecule has 0 spiro atoms. The maximum absolute atomic E-state index is 11.0. The summed E-state index contributed by atoms with van der Waals surface area (Å²) in [6, 6.07) is 5.27. The summed E-state index contributed by atoms with van der Waals surface area (Å²) in [6.07, 6.45) is 2.87. The molecule has 5 nitrogen and oxygen atoms in total. The molecule has 0 saturated carbocycles. The average molecular weight is 246 g/mol. The minimum absolute atomic E-state index is 0.112. The lowest BCUT2D eigenvalue weighted by atomic mass is 10.2. The van der Waals surface area contributed by atoms with Crippen LogP contribution in [0, 0.1) is 6.92 Å². The van der Waals surface area contributed by atoms with Crippen LogP contribution in [0.15, 0.2) is 35.0 Å². The third-order valence-electron chi connectivity index (χ3n) is 2.61. The molecule has 2 N–H and O–H groups in total. The fourth-order valence-electron chi connectivity index (χ4n) is 1.68. The Morgan fingerprint density at radius 1 is 1.44 bits per heavy atom. The summed E-state index contributed by atoms with van der Waals surface area (Å²) < 4.78 is 5.49. The number of anilines is 1. The highest BCUT2D eigenvalue weighted by molar-refractivity contribution is 5.93. The zero-order chi connectivity index (χ0) is 13.1. The van der Waals surface area contributed by atoms with Gasteiger partial charge in [-0.05, 0) is 32.0 Å². The molecule has 5 heteroatoms. The van der Waals surface area contributed by atoms with Gasteiger partial charge in [-0.1, -0.05) is 0 Å². The molecule has 2 aromatic rings. The first-order valence-electron chi connectivity index (χ1n) is 5.58. The van der Waals surface area contributed by atoms with Gasteiger partial charge in [0.25, 0.3) is 0 Å². The van der Waals surface area contributed by atoms with E-state index in [0.717, 1.165) is 11.5 Å². The van der Waals surface area contributed by atoms with Gasteiger partial charge >= 0.3 is 5.97 Å². The molecule has 0 bridgehead atoms. The van der Waals surface area contributed by atoms with Crippen LogP contribution in [-0.2, 0) is 0 Å². The van der Waals surface area contributed by atoms with Crippen molar-refractivity contribution in [1.82, 2.24) is 4.98 Å². The van der Waals surface area contributed by atoms with E-state index < -0.39 is 5.97 Å². The van der Waals surface area contributed by atoms with Crippen molar-refractivity contribution in [1.29, 1.82) is 0 Å². The Balaban J connectivity index is 2.21. The van der Waals surface area contributed by atoms with Gasteiger partial charge in [-0.15, -0.1) is 0 Å². The van der Waals surface area contributed by atoms with E-state index in [4.69, 9.17) is 9.52 Å². The topological polar surface area (TPSA) is 75.4 Å². The molecule has 0 amide bonds. The van der Waals surface area contributed by atoms with E-state index in [1.807, 2.05) is 26.0 Å². The lowest BCUT2D eigenvalue weighted by molar-refractivity contribution is 0.0697. The molecule has 2 rings (SSSR count). The summed E-state index contributed by atoms with van der Waals surface area (Å²) in [4.78, 5) is 14.8. The summed E-state index contributed by atoms with van der Waals surface area (Å²) in [5, 5.41) is 12.2. The normalized spacial score (nSPS) is 12.1. The van der Waals surface area contributed by atoms with Gasteiger partial charge in [-0.25, -0.2) is 4.79 Å².